The van der Waals surface area contributed by atoms with Gasteiger partial charge in [0.2, 0.25) is 5.91 Å². The van der Waals surface area contributed by atoms with Gasteiger partial charge in [-0.1, -0.05) is 22.6 Å². The zero-order valence-corrected chi connectivity index (χ0v) is 10.1. The van der Waals surface area contributed by atoms with Crippen LogP contribution in [0.4, 0.5) is 0 Å². The standard InChI is InChI=1S/C8H17IN2O/c1-7(2)11(5-4-10-3)8(12)6-9/h7,10H,4-6H2,1-3H3. The van der Waals surface area contributed by atoms with E-state index in [1.54, 1.807) is 0 Å². The summed E-state index contributed by atoms with van der Waals surface area (Å²) in [7, 11) is 1.90. The van der Waals surface area contributed by atoms with Crippen LogP contribution in [0.5, 0.6) is 0 Å². The summed E-state index contributed by atoms with van der Waals surface area (Å²) >= 11 is 2.10. The van der Waals surface area contributed by atoms with Gasteiger partial charge < -0.3 is 10.2 Å². The Morgan fingerprint density at radius 2 is 2.17 bits per heavy atom. The number of nitrogens with one attached hydrogen (secondary N) is 1. The smallest absolute Gasteiger partial charge is 0.232 e. The molecule has 0 aliphatic heterocycles. The molecule has 1 N–H and O–H groups in total. The van der Waals surface area contributed by atoms with Crippen molar-refractivity contribution in [3.63, 3.8) is 0 Å². The Labute approximate surface area is 88.0 Å². The molecule has 0 aliphatic rings. The van der Waals surface area contributed by atoms with Crippen molar-refractivity contribution in [3.8, 4) is 0 Å². The van der Waals surface area contributed by atoms with E-state index in [1.807, 2.05) is 25.8 Å². The van der Waals surface area contributed by atoms with Crippen molar-refractivity contribution in [1.29, 1.82) is 0 Å². The van der Waals surface area contributed by atoms with Crippen molar-refractivity contribution in [3.05, 3.63) is 0 Å². The van der Waals surface area contributed by atoms with Gasteiger partial charge in [0, 0.05) is 19.1 Å². The molecule has 0 saturated heterocycles. The van der Waals surface area contributed by atoms with E-state index in [2.05, 4.69) is 27.9 Å². The number of alkyl halides is 1. The molecule has 1 amide bonds. The molecule has 0 fully saturated rings. The van der Waals surface area contributed by atoms with Crippen LogP contribution < -0.4 is 5.32 Å². The Morgan fingerprint density at radius 1 is 1.58 bits per heavy atom. The largest absolute Gasteiger partial charge is 0.338 e. The number of rotatable bonds is 5. The normalized spacial score (nSPS) is 10.4. The van der Waals surface area contributed by atoms with Gasteiger partial charge in [-0.25, -0.2) is 0 Å². The predicted octanol–water partition coefficient (Wildman–Crippen LogP) is 0.878. The summed E-state index contributed by atoms with van der Waals surface area (Å²) < 4.78 is 0.569. The van der Waals surface area contributed by atoms with E-state index in [9.17, 15) is 4.79 Å². The maximum atomic E-state index is 11.3. The van der Waals surface area contributed by atoms with E-state index in [1.165, 1.54) is 0 Å². The fourth-order valence-corrected chi connectivity index (χ4v) is 1.42. The number of halogens is 1. The van der Waals surface area contributed by atoms with Crippen LogP contribution in [-0.2, 0) is 4.79 Å². The molecule has 0 rings (SSSR count). The van der Waals surface area contributed by atoms with Crippen molar-refractivity contribution in [2.75, 3.05) is 24.6 Å². The molecule has 3 nitrogen and oxygen atoms in total. The molecule has 0 aromatic carbocycles. The van der Waals surface area contributed by atoms with Crippen LogP contribution in [0.15, 0.2) is 0 Å². The molecule has 0 aliphatic carbocycles. The molecule has 0 aromatic rings. The Bertz CT molecular complexity index is 139. The van der Waals surface area contributed by atoms with Crippen LogP contribution in [-0.4, -0.2) is 41.4 Å². The van der Waals surface area contributed by atoms with Gasteiger partial charge in [0.05, 0.1) is 4.43 Å². The van der Waals surface area contributed by atoms with E-state index in [0.717, 1.165) is 13.1 Å². The number of hydrogen-bond donors (Lipinski definition) is 1. The summed E-state index contributed by atoms with van der Waals surface area (Å²) in [5.74, 6) is 0.223. The summed E-state index contributed by atoms with van der Waals surface area (Å²) in [6, 6.07) is 0.306. The van der Waals surface area contributed by atoms with E-state index in [4.69, 9.17) is 0 Å². The highest BCUT2D eigenvalue weighted by molar-refractivity contribution is 14.1. The zero-order chi connectivity index (χ0) is 9.56. The number of hydrogen-bond acceptors (Lipinski definition) is 2. The van der Waals surface area contributed by atoms with Gasteiger partial charge in [0.15, 0.2) is 0 Å². The van der Waals surface area contributed by atoms with Crippen molar-refractivity contribution in [2.45, 2.75) is 19.9 Å². The molecule has 0 radical (unpaired) electrons. The minimum Gasteiger partial charge on any atom is -0.338 e. The lowest BCUT2D eigenvalue weighted by Gasteiger charge is -2.25. The van der Waals surface area contributed by atoms with Crippen LogP contribution in [0.2, 0.25) is 0 Å². The molecular weight excluding hydrogens is 267 g/mol. The van der Waals surface area contributed by atoms with Gasteiger partial charge in [-0.2, -0.15) is 0 Å². The zero-order valence-electron chi connectivity index (χ0n) is 7.93. The van der Waals surface area contributed by atoms with Gasteiger partial charge in [-0.3, -0.25) is 4.79 Å². The van der Waals surface area contributed by atoms with Crippen LogP contribution in [0.25, 0.3) is 0 Å². The van der Waals surface area contributed by atoms with Gasteiger partial charge in [-0.15, -0.1) is 0 Å². The third-order valence-corrected chi connectivity index (χ3v) is 2.31. The summed E-state index contributed by atoms with van der Waals surface area (Å²) in [6.45, 7) is 5.75. The lowest BCUT2D eigenvalue weighted by Crippen LogP contribution is -2.41. The molecule has 72 valence electrons. The van der Waals surface area contributed by atoms with E-state index >= 15 is 0 Å². The van der Waals surface area contributed by atoms with E-state index in [0.29, 0.717) is 10.5 Å². The molecule has 0 spiro atoms. The van der Waals surface area contributed by atoms with Gasteiger partial charge in [-0.05, 0) is 20.9 Å². The maximum Gasteiger partial charge on any atom is 0.232 e. The molecule has 0 unspecified atom stereocenters. The predicted molar refractivity (Wildman–Crippen MR) is 59.7 cm³/mol. The minimum absolute atomic E-state index is 0.223. The average molecular weight is 284 g/mol. The lowest BCUT2D eigenvalue weighted by molar-refractivity contribution is -0.129. The Kier molecular flexibility index (Phi) is 6.74. The van der Waals surface area contributed by atoms with Crippen molar-refractivity contribution >= 4 is 28.5 Å². The summed E-state index contributed by atoms with van der Waals surface area (Å²) in [5, 5.41) is 3.04. The Morgan fingerprint density at radius 3 is 2.50 bits per heavy atom. The summed E-state index contributed by atoms with van der Waals surface area (Å²) in [6.07, 6.45) is 0. The molecule has 0 saturated carbocycles. The quantitative estimate of drug-likeness (QED) is 0.600. The number of carbonyl (C=O) groups is 1. The topological polar surface area (TPSA) is 32.3 Å². The van der Waals surface area contributed by atoms with Crippen LogP contribution in [0, 0.1) is 0 Å². The first-order valence-corrected chi connectivity index (χ1v) is 5.66. The molecule has 0 aromatic heterocycles. The van der Waals surface area contributed by atoms with Crippen molar-refractivity contribution in [1.82, 2.24) is 10.2 Å². The SMILES string of the molecule is CNCCN(C(=O)CI)C(C)C. The fourth-order valence-electron chi connectivity index (χ4n) is 0.980. The number of carbonyl (C=O) groups excluding carboxylic acids is 1. The highest BCUT2D eigenvalue weighted by Gasteiger charge is 2.13. The van der Waals surface area contributed by atoms with Crippen LogP contribution in [0.3, 0.4) is 0 Å². The lowest BCUT2D eigenvalue weighted by atomic mass is 10.3. The fraction of sp³-hybridized carbons (Fsp3) is 0.875. The Hall–Kier alpha value is 0.160. The second-order valence-corrected chi connectivity index (χ2v) is 3.68. The van der Waals surface area contributed by atoms with Crippen molar-refractivity contribution in [2.24, 2.45) is 0 Å². The van der Waals surface area contributed by atoms with Gasteiger partial charge in [0.1, 0.15) is 0 Å². The minimum atomic E-state index is 0.223. The van der Waals surface area contributed by atoms with Crippen molar-refractivity contribution < 1.29 is 4.79 Å². The second-order valence-electron chi connectivity index (χ2n) is 2.92. The molecule has 0 bridgehead atoms. The van der Waals surface area contributed by atoms with Gasteiger partial charge >= 0.3 is 0 Å². The molecule has 0 atom stereocenters. The number of amides is 1. The van der Waals surface area contributed by atoms with E-state index in [-0.39, 0.29) is 5.91 Å². The van der Waals surface area contributed by atoms with E-state index < -0.39 is 0 Å². The third-order valence-electron chi connectivity index (χ3n) is 1.66. The monoisotopic (exact) mass is 284 g/mol. The first-order chi connectivity index (χ1) is 5.63. The Balaban J connectivity index is 3.95. The first-order valence-electron chi connectivity index (χ1n) is 4.13. The summed E-state index contributed by atoms with van der Waals surface area (Å²) in [4.78, 5) is 13.2. The molecule has 0 heterocycles. The highest BCUT2D eigenvalue weighted by atomic mass is 127. The first kappa shape index (κ1) is 12.2. The van der Waals surface area contributed by atoms with Crippen LogP contribution >= 0.6 is 22.6 Å². The highest BCUT2D eigenvalue weighted by Crippen LogP contribution is 2.00. The molecular formula is C8H17IN2O. The second kappa shape index (κ2) is 6.65. The summed E-state index contributed by atoms with van der Waals surface area (Å²) in [5.41, 5.74) is 0. The number of likely N-dealkylation sites (N-methyl/N-ethyl adjacent to an activating group) is 1. The third kappa shape index (κ3) is 4.25. The molecule has 4 heteroatoms. The van der Waals surface area contributed by atoms with Crippen LogP contribution in [0.1, 0.15) is 13.8 Å². The average Bonchev–Trinajstić information content (AvgIpc) is 2.04. The van der Waals surface area contributed by atoms with Gasteiger partial charge in [0.25, 0.3) is 0 Å². The molecule has 12 heavy (non-hydrogen) atoms. The number of nitrogens with zero attached hydrogens (tertiary/aromatic N) is 1. The maximum absolute atomic E-state index is 11.3.